The zero-order valence-electron chi connectivity index (χ0n) is 9.98. The fraction of sp³-hybridized carbons (Fsp3) is 0.500. The lowest BCUT2D eigenvalue weighted by atomic mass is 10.0. The van der Waals surface area contributed by atoms with Crippen molar-refractivity contribution in [3.63, 3.8) is 0 Å². The van der Waals surface area contributed by atoms with Crippen molar-refractivity contribution in [1.82, 2.24) is 0 Å². The fourth-order valence-electron chi connectivity index (χ4n) is 1.75. The number of nitrogens with two attached hydrogens (primary N) is 1. The number of methoxy groups -OCH3 is 1. The number of unbranched alkanes of at least 4 members (excludes halogenated alkanes) is 1. The first-order valence-corrected chi connectivity index (χ1v) is 5.91. The van der Waals surface area contributed by atoms with Gasteiger partial charge >= 0.3 is 6.18 Å². The molecule has 2 nitrogen and oxygen atoms in total. The summed E-state index contributed by atoms with van der Waals surface area (Å²) in [4.78, 5) is 0. The van der Waals surface area contributed by atoms with Gasteiger partial charge in [0.1, 0.15) is 5.75 Å². The molecule has 1 rings (SSSR count). The van der Waals surface area contributed by atoms with Gasteiger partial charge in [-0.05, 0) is 43.5 Å². The molecule has 2 N–H and O–H groups in total. The smallest absolute Gasteiger partial charge is 0.420 e. The highest BCUT2D eigenvalue weighted by Crippen LogP contribution is 2.40. The van der Waals surface area contributed by atoms with Crippen LogP contribution in [-0.4, -0.2) is 13.7 Å². The van der Waals surface area contributed by atoms with Gasteiger partial charge in [-0.3, -0.25) is 0 Å². The minimum Gasteiger partial charge on any atom is -0.496 e. The predicted octanol–water partition coefficient (Wildman–Crippen LogP) is 3.65. The predicted molar refractivity (Wildman–Crippen MR) is 65.0 cm³/mol. The lowest BCUT2D eigenvalue weighted by Crippen LogP contribution is -2.09. The first-order valence-electron chi connectivity index (χ1n) is 5.53. The number of rotatable bonds is 5. The summed E-state index contributed by atoms with van der Waals surface area (Å²) in [5, 5.41) is 0.0610. The van der Waals surface area contributed by atoms with E-state index in [0.29, 0.717) is 24.9 Å². The molecular formula is C12H15ClF3NO. The number of ether oxygens (including phenoxy) is 1. The lowest BCUT2D eigenvalue weighted by molar-refractivity contribution is -0.138. The summed E-state index contributed by atoms with van der Waals surface area (Å²) in [6.07, 6.45) is -2.57. The second kappa shape index (κ2) is 6.29. The largest absolute Gasteiger partial charge is 0.496 e. The highest BCUT2D eigenvalue weighted by atomic mass is 35.5. The fourth-order valence-corrected chi connectivity index (χ4v) is 1.99. The van der Waals surface area contributed by atoms with E-state index in [1.807, 2.05) is 0 Å². The molecule has 1 aromatic carbocycles. The normalized spacial score (nSPS) is 11.7. The van der Waals surface area contributed by atoms with Crippen LogP contribution in [-0.2, 0) is 12.6 Å². The van der Waals surface area contributed by atoms with Crippen molar-refractivity contribution in [3.8, 4) is 5.75 Å². The molecule has 102 valence electrons. The van der Waals surface area contributed by atoms with Crippen molar-refractivity contribution in [2.45, 2.75) is 25.4 Å². The standard InChI is InChI=1S/C12H15ClF3NO/c1-18-11-8(4-2-3-5-17)6-9(13)7-10(11)12(14,15)16/h6-7H,2-5,17H2,1H3. The zero-order valence-corrected chi connectivity index (χ0v) is 10.7. The molecule has 0 saturated heterocycles. The Labute approximate surface area is 109 Å². The van der Waals surface area contributed by atoms with Gasteiger partial charge in [0.2, 0.25) is 0 Å². The molecule has 0 atom stereocenters. The highest BCUT2D eigenvalue weighted by molar-refractivity contribution is 6.30. The van der Waals surface area contributed by atoms with E-state index >= 15 is 0 Å². The molecule has 0 aromatic heterocycles. The second-order valence-electron chi connectivity index (χ2n) is 3.89. The molecule has 0 radical (unpaired) electrons. The van der Waals surface area contributed by atoms with E-state index in [9.17, 15) is 13.2 Å². The molecule has 1 aromatic rings. The molecule has 0 saturated carbocycles. The van der Waals surface area contributed by atoms with Crippen molar-refractivity contribution in [3.05, 3.63) is 28.3 Å². The maximum Gasteiger partial charge on any atom is 0.420 e. The summed E-state index contributed by atoms with van der Waals surface area (Å²) in [6, 6.07) is 2.39. The van der Waals surface area contributed by atoms with Gasteiger partial charge in [0.15, 0.2) is 0 Å². The third-order valence-electron chi connectivity index (χ3n) is 2.54. The molecule has 0 heterocycles. The number of benzene rings is 1. The summed E-state index contributed by atoms with van der Waals surface area (Å²) in [5.41, 5.74) is 4.99. The van der Waals surface area contributed by atoms with Gasteiger partial charge in [-0.15, -0.1) is 0 Å². The molecule has 6 heteroatoms. The van der Waals surface area contributed by atoms with E-state index in [1.165, 1.54) is 13.2 Å². The summed E-state index contributed by atoms with van der Waals surface area (Å²) >= 11 is 5.72. The molecule has 0 unspecified atom stereocenters. The van der Waals surface area contributed by atoms with E-state index in [1.54, 1.807) is 0 Å². The third-order valence-corrected chi connectivity index (χ3v) is 2.76. The number of alkyl halides is 3. The van der Waals surface area contributed by atoms with Gasteiger partial charge in [0.05, 0.1) is 12.7 Å². The zero-order chi connectivity index (χ0) is 13.8. The second-order valence-corrected chi connectivity index (χ2v) is 4.33. The van der Waals surface area contributed by atoms with Crippen LogP contribution in [0.4, 0.5) is 13.2 Å². The van der Waals surface area contributed by atoms with Gasteiger partial charge in [-0.1, -0.05) is 11.6 Å². The number of halogens is 4. The molecule has 0 fully saturated rings. The van der Waals surface area contributed by atoms with E-state index in [2.05, 4.69) is 0 Å². The minimum absolute atomic E-state index is 0.0610. The molecule has 18 heavy (non-hydrogen) atoms. The maximum atomic E-state index is 12.8. The van der Waals surface area contributed by atoms with Crippen molar-refractivity contribution in [2.24, 2.45) is 5.73 Å². The number of hydrogen-bond donors (Lipinski definition) is 1. The van der Waals surface area contributed by atoms with Crippen LogP contribution < -0.4 is 10.5 Å². The quantitative estimate of drug-likeness (QED) is 0.836. The summed E-state index contributed by atoms with van der Waals surface area (Å²) in [6.45, 7) is 0.509. The van der Waals surface area contributed by atoms with Gasteiger partial charge < -0.3 is 10.5 Å². The van der Waals surface area contributed by atoms with Crippen molar-refractivity contribution >= 4 is 11.6 Å². The third kappa shape index (κ3) is 3.78. The van der Waals surface area contributed by atoms with Crippen LogP contribution in [0.15, 0.2) is 12.1 Å². The van der Waals surface area contributed by atoms with Crippen molar-refractivity contribution in [2.75, 3.05) is 13.7 Å². The summed E-state index contributed by atoms with van der Waals surface area (Å²) in [7, 11) is 1.23. The van der Waals surface area contributed by atoms with Crippen LogP contribution in [0.2, 0.25) is 5.02 Å². The molecule has 0 aliphatic rings. The Morgan fingerprint density at radius 3 is 2.44 bits per heavy atom. The summed E-state index contributed by atoms with van der Waals surface area (Å²) < 4.78 is 43.4. The Bertz CT molecular complexity index is 407. The lowest BCUT2D eigenvalue weighted by Gasteiger charge is -2.16. The van der Waals surface area contributed by atoms with Gasteiger partial charge in [0, 0.05) is 5.02 Å². The minimum atomic E-state index is -4.47. The Morgan fingerprint density at radius 1 is 1.28 bits per heavy atom. The first kappa shape index (κ1) is 15.1. The Hall–Kier alpha value is -0.940. The molecular weight excluding hydrogens is 267 g/mol. The van der Waals surface area contributed by atoms with Crippen molar-refractivity contribution < 1.29 is 17.9 Å². The molecule has 0 aliphatic heterocycles. The van der Waals surface area contributed by atoms with Crippen LogP contribution in [0.1, 0.15) is 24.0 Å². The monoisotopic (exact) mass is 281 g/mol. The average Bonchev–Trinajstić information content (AvgIpc) is 2.27. The van der Waals surface area contributed by atoms with E-state index in [-0.39, 0.29) is 10.8 Å². The van der Waals surface area contributed by atoms with E-state index in [0.717, 1.165) is 12.5 Å². The Morgan fingerprint density at radius 2 is 1.94 bits per heavy atom. The van der Waals surface area contributed by atoms with Crippen molar-refractivity contribution in [1.29, 1.82) is 0 Å². The van der Waals surface area contributed by atoms with Gasteiger partial charge in [-0.2, -0.15) is 13.2 Å². The van der Waals surface area contributed by atoms with Crippen LogP contribution >= 0.6 is 11.6 Å². The topological polar surface area (TPSA) is 35.2 Å². The highest BCUT2D eigenvalue weighted by Gasteiger charge is 2.35. The summed E-state index contributed by atoms with van der Waals surface area (Å²) in [5.74, 6) is -0.149. The van der Waals surface area contributed by atoms with E-state index < -0.39 is 11.7 Å². The van der Waals surface area contributed by atoms with Gasteiger partial charge in [-0.25, -0.2) is 0 Å². The van der Waals surface area contributed by atoms with E-state index in [4.69, 9.17) is 22.1 Å². The van der Waals surface area contributed by atoms with Gasteiger partial charge in [0.25, 0.3) is 0 Å². The molecule has 0 amide bonds. The van der Waals surface area contributed by atoms with Crippen LogP contribution in [0.3, 0.4) is 0 Å². The van der Waals surface area contributed by atoms with Crippen LogP contribution in [0, 0.1) is 0 Å². The average molecular weight is 282 g/mol. The SMILES string of the molecule is COc1c(CCCCN)cc(Cl)cc1C(F)(F)F. The molecule has 0 aliphatic carbocycles. The Balaban J connectivity index is 3.12. The Kier molecular flexibility index (Phi) is 5.28. The first-order chi connectivity index (χ1) is 8.40. The molecule has 0 bridgehead atoms. The maximum absolute atomic E-state index is 12.8. The number of aryl methyl sites for hydroxylation is 1. The number of hydrogen-bond acceptors (Lipinski definition) is 2. The van der Waals surface area contributed by atoms with Crippen LogP contribution in [0.5, 0.6) is 5.75 Å². The van der Waals surface area contributed by atoms with Crippen LogP contribution in [0.25, 0.3) is 0 Å². The molecule has 0 spiro atoms.